The molecule has 0 spiro atoms. The number of H-pyrrole nitrogens is 1. The summed E-state index contributed by atoms with van der Waals surface area (Å²) >= 11 is 0. The summed E-state index contributed by atoms with van der Waals surface area (Å²) < 4.78 is 15.1. The fourth-order valence-corrected chi connectivity index (χ4v) is 4.38. The smallest absolute Gasteiger partial charge is 0.272 e. The molecule has 0 fully saturated rings. The predicted molar refractivity (Wildman–Crippen MR) is 112 cm³/mol. The molecule has 1 aliphatic heterocycles. The lowest BCUT2D eigenvalue weighted by atomic mass is 9.95. The van der Waals surface area contributed by atoms with E-state index in [2.05, 4.69) is 28.0 Å². The first-order valence-electron chi connectivity index (χ1n) is 8.69. The van der Waals surface area contributed by atoms with Crippen molar-refractivity contribution in [2.24, 2.45) is 0 Å². The first kappa shape index (κ1) is 16.8. The topological polar surface area (TPSA) is 74.0 Å². The predicted octanol–water partition coefficient (Wildman–Crippen LogP) is 3.33. The zero-order valence-corrected chi connectivity index (χ0v) is 16.0. The number of anilines is 2. The standard InChI is InChI=1S/C20H23N3O2S/c1-12-11-21-19-18(12)16-10-14(7-8-17(16)22-20(19)24)13-5-4-6-15(9-13)23-26(2,3)25/h4-10,12,21,26H,11H2,1-3H3,(H,22,24)(H,23,25). The van der Waals surface area contributed by atoms with Gasteiger partial charge in [-0.05, 0) is 51.1 Å². The van der Waals surface area contributed by atoms with E-state index in [1.807, 2.05) is 36.4 Å². The van der Waals surface area contributed by atoms with Crippen LogP contribution in [0.2, 0.25) is 0 Å². The number of rotatable bonds is 3. The molecule has 5 nitrogen and oxygen atoms in total. The van der Waals surface area contributed by atoms with Gasteiger partial charge in [-0.2, -0.15) is 0 Å². The Bertz CT molecular complexity index is 1110. The summed E-state index contributed by atoms with van der Waals surface area (Å²) in [7, 11) is -2.36. The van der Waals surface area contributed by atoms with Gasteiger partial charge in [-0.3, -0.25) is 9.00 Å². The maximum Gasteiger partial charge on any atom is 0.272 e. The summed E-state index contributed by atoms with van der Waals surface area (Å²) in [4.78, 5) is 15.2. The van der Waals surface area contributed by atoms with Crippen molar-refractivity contribution in [1.29, 1.82) is 0 Å². The molecule has 1 atom stereocenters. The molecule has 1 unspecified atom stereocenters. The summed E-state index contributed by atoms with van der Waals surface area (Å²) in [6, 6.07) is 14.0. The van der Waals surface area contributed by atoms with Gasteiger partial charge in [-0.1, -0.05) is 25.1 Å². The molecule has 136 valence electrons. The molecular formula is C20H23N3O2S. The second-order valence-electron chi connectivity index (χ2n) is 7.33. The van der Waals surface area contributed by atoms with Crippen molar-refractivity contribution in [2.75, 3.05) is 29.1 Å². The average molecular weight is 369 g/mol. The highest BCUT2D eigenvalue weighted by Gasteiger charge is 2.24. The van der Waals surface area contributed by atoms with Crippen LogP contribution in [0.25, 0.3) is 22.0 Å². The molecule has 1 aliphatic rings. The average Bonchev–Trinajstić information content (AvgIpc) is 2.96. The van der Waals surface area contributed by atoms with Gasteiger partial charge in [-0.25, -0.2) is 0 Å². The number of pyridine rings is 1. The minimum Gasteiger partial charge on any atom is -0.380 e. The number of fused-ring (bicyclic) bond motifs is 3. The van der Waals surface area contributed by atoms with Crippen LogP contribution in [-0.2, 0) is 10.1 Å². The summed E-state index contributed by atoms with van der Waals surface area (Å²) in [5, 5.41) is 4.29. The number of thiol groups is 1. The zero-order chi connectivity index (χ0) is 18.5. The molecule has 2 heterocycles. The lowest BCUT2D eigenvalue weighted by molar-refractivity contribution is 0.682. The van der Waals surface area contributed by atoms with Gasteiger partial charge in [0.1, 0.15) is 5.69 Å². The first-order chi connectivity index (χ1) is 12.3. The van der Waals surface area contributed by atoms with E-state index in [0.717, 1.165) is 39.8 Å². The van der Waals surface area contributed by atoms with E-state index in [0.29, 0.717) is 11.6 Å². The number of aromatic nitrogens is 1. The van der Waals surface area contributed by atoms with Crippen LogP contribution in [0.4, 0.5) is 11.4 Å². The van der Waals surface area contributed by atoms with Crippen LogP contribution in [0.1, 0.15) is 18.4 Å². The van der Waals surface area contributed by atoms with Gasteiger partial charge in [0.05, 0.1) is 0 Å². The lowest BCUT2D eigenvalue weighted by Crippen LogP contribution is -2.17. The minimum absolute atomic E-state index is 0.0579. The van der Waals surface area contributed by atoms with Crippen molar-refractivity contribution in [2.45, 2.75) is 12.8 Å². The summed E-state index contributed by atoms with van der Waals surface area (Å²) in [5.41, 5.74) is 5.53. The number of nitrogens with one attached hydrogen (secondary N) is 3. The molecule has 3 aromatic rings. The second-order valence-corrected chi connectivity index (χ2v) is 10.3. The maximum atomic E-state index is 12.3. The van der Waals surface area contributed by atoms with E-state index in [1.165, 1.54) is 0 Å². The van der Waals surface area contributed by atoms with Crippen LogP contribution in [0.15, 0.2) is 47.3 Å². The van der Waals surface area contributed by atoms with E-state index >= 15 is 0 Å². The van der Waals surface area contributed by atoms with E-state index in [4.69, 9.17) is 0 Å². The van der Waals surface area contributed by atoms with E-state index in [-0.39, 0.29) is 5.56 Å². The Morgan fingerprint density at radius 3 is 2.65 bits per heavy atom. The molecule has 26 heavy (non-hydrogen) atoms. The number of hydrogen-bond acceptors (Lipinski definition) is 3. The van der Waals surface area contributed by atoms with Crippen molar-refractivity contribution in [3.8, 4) is 11.1 Å². The highest BCUT2D eigenvalue weighted by Crippen LogP contribution is 2.36. The Morgan fingerprint density at radius 2 is 1.88 bits per heavy atom. The quantitative estimate of drug-likeness (QED) is 0.535. The highest BCUT2D eigenvalue weighted by atomic mass is 32.3. The molecule has 0 radical (unpaired) electrons. The first-order valence-corrected chi connectivity index (χ1v) is 11.3. The molecule has 0 saturated carbocycles. The Kier molecular flexibility index (Phi) is 3.88. The van der Waals surface area contributed by atoms with Crippen molar-refractivity contribution in [3.63, 3.8) is 0 Å². The molecule has 4 rings (SSSR count). The van der Waals surface area contributed by atoms with Crippen molar-refractivity contribution >= 4 is 32.4 Å². The molecule has 1 aromatic heterocycles. The maximum absolute atomic E-state index is 12.3. The van der Waals surface area contributed by atoms with Gasteiger partial charge in [-0.15, -0.1) is 0 Å². The van der Waals surface area contributed by atoms with Crippen LogP contribution in [0.5, 0.6) is 0 Å². The summed E-state index contributed by atoms with van der Waals surface area (Å²) in [6.07, 6.45) is 3.42. The van der Waals surface area contributed by atoms with Crippen molar-refractivity contribution in [3.05, 3.63) is 58.4 Å². The molecule has 0 saturated heterocycles. The van der Waals surface area contributed by atoms with Gasteiger partial charge < -0.3 is 15.0 Å². The Morgan fingerprint density at radius 1 is 1.12 bits per heavy atom. The van der Waals surface area contributed by atoms with Crippen LogP contribution in [-0.4, -0.2) is 28.2 Å². The molecule has 0 bridgehead atoms. The lowest BCUT2D eigenvalue weighted by Gasteiger charge is -2.17. The molecule has 0 amide bonds. The Hall–Kier alpha value is -2.60. The largest absolute Gasteiger partial charge is 0.380 e. The SMILES string of the molecule is CC1CNc2c1c1cc(-c3cccc(N[SH](C)(C)=O)c3)ccc1[nH]c2=O. The fraction of sp³-hybridized carbons (Fsp3) is 0.250. The molecule has 3 N–H and O–H groups in total. The van der Waals surface area contributed by atoms with Gasteiger partial charge in [0.2, 0.25) is 0 Å². The van der Waals surface area contributed by atoms with Crippen molar-refractivity contribution in [1.82, 2.24) is 4.98 Å². The number of hydrogen-bond donors (Lipinski definition) is 4. The number of benzene rings is 2. The zero-order valence-electron chi connectivity index (χ0n) is 15.1. The summed E-state index contributed by atoms with van der Waals surface area (Å²) in [5.74, 6) is 0.295. The second kappa shape index (κ2) is 5.99. The highest BCUT2D eigenvalue weighted by molar-refractivity contribution is 8.02. The van der Waals surface area contributed by atoms with E-state index in [1.54, 1.807) is 12.5 Å². The van der Waals surface area contributed by atoms with E-state index < -0.39 is 10.1 Å². The van der Waals surface area contributed by atoms with Gasteiger partial charge in [0, 0.05) is 41.6 Å². The monoisotopic (exact) mass is 369 g/mol. The summed E-state index contributed by atoms with van der Waals surface area (Å²) in [6.45, 7) is 2.92. The third-order valence-corrected chi connectivity index (χ3v) is 5.52. The Balaban J connectivity index is 1.85. The van der Waals surface area contributed by atoms with Gasteiger partial charge in [0.25, 0.3) is 5.56 Å². The molecule has 6 heteroatoms. The van der Waals surface area contributed by atoms with Crippen LogP contribution in [0.3, 0.4) is 0 Å². The molecule has 0 aliphatic carbocycles. The van der Waals surface area contributed by atoms with Crippen LogP contribution < -0.4 is 15.6 Å². The normalized spacial score (nSPS) is 17.0. The number of aromatic amines is 1. The minimum atomic E-state index is -2.36. The van der Waals surface area contributed by atoms with E-state index in [9.17, 15) is 9.00 Å². The molecular weight excluding hydrogens is 346 g/mol. The van der Waals surface area contributed by atoms with Crippen molar-refractivity contribution < 1.29 is 4.21 Å². The van der Waals surface area contributed by atoms with Crippen LogP contribution in [0, 0.1) is 0 Å². The van der Waals surface area contributed by atoms with Gasteiger partial charge >= 0.3 is 0 Å². The third-order valence-electron chi connectivity index (χ3n) is 4.73. The third kappa shape index (κ3) is 3.01. The molecule has 2 aromatic carbocycles. The Labute approximate surface area is 153 Å². The van der Waals surface area contributed by atoms with Gasteiger partial charge in [0.15, 0.2) is 0 Å². The fourth-order valence-electron chi connectivity index (χ4n) is 3.62. The van der Waals surface area contributed by atoms with Crippen LogP contribution >= 0.6 is 0 Å².